The standard InChI is InChI=1S/C14H16N2OS/c17-14-15-9-5-4-8-12(15)13(18)16(14)10-11-6-2-1-3-7-11/h1-3,6-7,12H,4-5,8-10H2. The highest BCUT2D eigenvalue weighted by molar-refractivity contribution is 7.80. The molecule has 1 atom stereocenters. The molecular formula is C14H16N2OS. The summed E-state index contributed by atoms with van der Waals surface area (Å²) < 4.78 is 0. The van der Waals surface area contributed by atoms with Gasteiger partial charge in [-0.2, -0.15) is 0 Å². The summed E-state index contributed by atoms with van der Waals surface area (Å²) in [4.78, 5) is 16.8. The summed E-state index contributed by atoms with van der Waals surface area (Å²) in [6, 6.07) is 10.3. The summed E-state index contributed by atoms with van der Waals surface area (Å²) in [7, 11) is 0. The number of carbonyl (C=O) groups excluding carboxylic acids is 1. The maximum Gasteiger partial charge on any atom is 0.325 e. The number of fused-ring (bicyclic) bond motifs is 1. The number of nitrogens with zero attached hydrogens (tertiary/aromatic N) is 2. The predicted octanol–water partition coefficient (Wildman–Crippen LogP) is 2.80. The van der Waals surface area contributed by atoms with E-state index in [1.807, 2.05) is 35.2 Å². The van der Waals surface area contributed by atoms with Gasteiger partial charge in [-0.3, -0.25) is 4.90 Å². The minimum absolute atomic E-state index is 0.0913. The van der Waals surface area contributed by atoms with Crippen molar-refractivity contribution in [2.45, 2.75) is 31.8 Å². The van der Waals surface area contributed by atoms with Crippen LogP contribution in [0, 0.1) is 0 Å². The fourth-order valence-corrected chi connectivity index (χ4v) is 3.15. The first kappa shape index (κ1) is 11.7. The monoisotopic (exact) mass is 260 g/mol. The van der Waals surface area contributed by atoms with Gasteiger partial charge in [0.2, 0.25) is 0 Å². The molecule has 0 aromatic heterocycles. The van der Waals surface area contributed by atoms with Crippen LogP contribution in [0.2, 0.25) is 0 Å². The molecule has 0 N–H and O–H groups in total. The third-order valence-electron chi connectivity index (χ3n) is 3.71. The Hall–Kier alpha value is -1.42. The van der Waals surface area contributed by atoms with Crippen LogP contribution in [0.3, 0.4) is 0 Å². The number of piperidine rings is 1. The van der Waals surface area contributed by atoms with Crippen molar-refractivity contribution in [1.29, 1.82) is 0 Å². The van der Waals surface area contributed by atoms with Crippen molar-refractivity contribution in [2.75, 3.05) is 6.54 Å². The van der Waals surface area contributed by atoms with Crippen LogP contribution in [0.15, 0.2) is 30.3 Å². The Labute approximate surface area is 112 Å². The van der Waals surface area contributed by atoms with E-state index in [1.165, 1.54) is 6.42 Å². The lowest BCUT2D eigenvalue weighted by Gasteiger charge is -2.27. The maximum atomic E-state index is 12.3. The van der Waals surface area contributed by atoms with Crippen molar-refractivity contribution in [2.24, 2.45) is 0 Å². The van der Waals surface area contributed by atoms with Crippen molar-refractivity contribution in [1.82, 2.24) is 9.80 Å². The molecule has 2 fully saturated rings. The van der Waals surface area contributed by atoms with E-state index in [0.29, 0.717) is 6.54 Å². The summed E-state index contributed by atoms with van der Waals surface area (Å²) in [5, 5.41) is 0. The molecule has 4 heteroatoms. The van der Waals surface area contributed by atoms with Gasteiger partial charge in [-0.25, -0.2) is 4.79 Å². The molecule has 3 nitrogen and oxygen atoms in total. The molecule has 0 radical (unpaired) electrons. The third kappa shape index (κ3) is 1.90. The molecule has 0 aliphatic carbocycles. The number of urea groups is 1. The van der Waals surface area contributed by atoms with Gasteiger partial charge in [0.05, 0.1) is 12.6 Å². The molecular weight excluding hydrogens is 244 g/mol. The van der Waals surface area contributed by atoms with Crippen molar-refractivity contribution in [3.8, 4) is 0 Å². The Bertz CT molecular complexity index is 450. The van der Waals surface area contributed by atoms with Gasteiger partial charge in [-0.15, -0.1) is 0 Å². The predicted molar refractivity (Wildman–Crippen MR) is 74.3 cm³/mol. The Morgan fingerprint density at radius 1 is 1.22 bits per heavy atom. The Morgan fingerprint density at radius 2 is 2.00 bits per heavy atom. The van der Waals surface area contributed by atoms with Gasteiger partial charge >= 0.3 is 6.03 Å². The van der Waals surface area contributed by atoms with Gasteiger partial charge < -0.3 is 4.90 Å². The van der Waals surface area contributed by atoms with E-state index in [0.717, 1.165) is 29.9 Å². The number of rotatable bonds is 2. The molecule has 2 saturated heterocycles. The molecule has 1 unspecified atom stereocenters. The van der Waals surface area contributed by atoms with Gasteiger partial charge in [0.1, 0.15) is 4.99 Å². The fourth-order valence-electron chi connectivity index (χ4n) is 2.76. The lowest BCUT2D eigenvalue weighted by molar-refractivity contribution is 0.174. The van der Waals surface area contributed by atoms with Crippen LogP contribution in [0.5, 0.6) is 0 Å². The lowest BCUT2D eigenvalue weighted by atomic mass is 10.0. The van der Waals surface area contributed by atoms with Crippen LogP contribution in [0.25, 0.3) is 0 Å². The highest BCUT2D eigenvalue weighted by Crippen LogP contribution is 2.28. The topological polar surface area (TPSA) is 23.6 Å². The van der Waals surface area contributed by atoms with E-state index < -0.39 is 0 Å². The molecule has 3 rings (SSSR count). The molecule has 0 spiro atoms. The minimum atomic E-state index is 0.0913. The van der Waals surface area contributed by atoms with Crippen LogP contribution in [0.1, 0.15) is 24.8 Å². The average molecular weight is 260 g/mol. The van der Waals surface area contributed by atoms with Gasteiger partial charge in [0.15, 0.2) is 0 Å². The fraction of sp³-hybridized carbons (Fsp3) is 0.429. The number of thiocarbonyl (C=S) groups is 1. The number of amides is 2. The third-order valence-corrected chi connectivity index (χ3v) is 4.21. The van der Waals surface area contributed by atoms with Crippen LogP contribution in [0.4, 0.5) is 4.79 Å². The first-order valence-electron chi connectivity index (χ1n) is 6.43. The second kappa shape index (κ2) is 4.69. The zero-order valence-electron chi connectivity index (χ0n) is 10.2. The summed E-state index contributed by atoms with van der Waals surface area (Å²) in [6.45, 7) is 1.46. The molecule has 1 aromatic carbocycles. The largest absolute Gasteiger partial charge is 0.325 e. The normalized spacial score (nSPS) is 23.4. The lowest BCUT2D eigenvalue weighted by Crippen LogP contribution is -2.38. The highest BCUT2D eigenvalue weighted by atomic mass is 32.1. The van der Waals surface area contributed by atoms with Crippen LogP contribution in [-0.4, -0.2) is 33.4 Å². The van der Waals surface area contributed by atoms with E-state index in [-0.39, 0.29) is 12.1 Å². The summed E-state index contributed by atoms with van der Waals surface area (Å²) >= 11 is 5.48. The van der Waals surface area contributed by atoms with Gasteiger partial charge in [0, 0.05) is 6.54 Å². The van der Waals surface area contributed by atoms with E-state index in [9.17, 15) is 4.79 Å². The van der Waals surface area contributed by atoms with Gasteiger partial charge in [-0.05, 0) is 24.8 Å². The smallest absolute Gasteiger partial charge is 0.315 e. The summed E-state index contributed by atoms with van der Waals surface area (Å²) in [6.07, 6.45) is 3.30. The highest BCUT2D eigenvalue weighted by Gasteiger charge is 2.42. The maximum absolute atomic E-state index is 12.3. The molecule has 18 heavy (non-hydrogen) atoms. The molecule has 0 bridgehead atoms. The molecule has 2 aliphatic rings. The van der Waals surface area contributed by atoms with E-state index in [4.69, 9.17) is 12.2 Å². The molecule has 0 saturated carbocycles. The number of carbonyl (C=O) groups is 1. The van der Waals surface area contributed by atoms with E-state index in [1.54, 1.807) is 4.90 Å². The Kier molecular flexibility index (Phi) is 3.04. The van der Waals surface area contributed by atoms with Gasteiger partial charge in [-0.1, -0.05) is 42.5 Å². The van der Waals surface area contributed by atoms with Crippen molar-refractivity contribution in [3.05, 3.63) is 35.9 Å². The minimum Gasteiger partial charge on any atom is -0.315 e. The second-order valence-electron chi connectivity index (χ2n) is 4.90. The number of benzene rings is 1. The number of hydrogen-bond donors (Lipinski definition) is 0. The quantitative estimate of drug-likeness (QED) is 0.763. The van der Waals surface area contributed by atoms with Crippen molar-refractivity contribution in [3.63, 3.8) is 0 Å². The molecule has 94 valence electrons. The Balaban J connectivity index is 1.80. The molecule has 2 aliphatic heterocycles. The molecule has 1 aromatic rings. The molecule has 2 amide bonds. The first-order chi connectivity index (χ1) is 8.77. The summed E-state index contributed by atoms with van der Waals surface area (Å²) in [5.41, 5.74) is 1.13. The Morgan fingerprint density at radius 3 is 2.72 bits per heavy atom. The zero-order valence-corrected chi connectivity index (χ0v) is 11.0. The average Bonchev–Trinajstić information content (AvgIpc) is 2.66. The van der Waals surface area contributed by atoms with Crippen LogP contribution < -0.4 is 0 Å². The molecule has 2 heterocycles. The van der Waals surface area contributed by atoms with Crippen molar-refractivity contribution >= 4 is 23.2 Å². The van der Waals surface area contributed by atoms with Crippen molar-refractivity contribution < 1.29 is 4.79 Å². The summed E-state index contributed by atoms with van der Waals surface area (Å²) in [5.74, 6) is 0. The van der Waals surface area contributed by atoms with E-state index >= 15 is 0 Å². The van der Waals surface area contributed by atoms with Crippen LogP contribution >= 0.6 is 12.2 Å². The zero-order chi connectivity index (χ0) is 12.5. The van der Waals surface area contributed by atoms with Crippen LogP contribution in [-0.2, 0) is 6.54 Å². The van der Waals surface area contributed by atoms with Gasteiger partial charge in [0.25, 0.3) is 0 Å². The SMILES string of the molecule is O=C1N(Cc2ccccc2)C(=S)C2CCCCN12. The number of hydrogen-bond acceptors (Lipinski definition) is 2. The first-order valence-corrected chi connectivity index (χ1v) is 6.84. The van der Waals surface area contributed by atoms with E-state index in [2.05, 4.69) is 0 Å². The second-order valence-corrected chi connectivity index (χ2v) is 5.32.